The van der Waals surface area contributed by atoms with E-state index in [0.717, 1.165) is 17.8 Å². The summed E-state index contributed by atoms with van der Waals surface area (Å²) in [6.07, 6.45) is 1.17. The Balaban J connectivity index is 1.88. The van der Waals surface area contributed by atoms with Gasteiger partial charge in [-0.3, -0.25) is 13.5 Å². The SMILES string of the molecule is C[C@@H]1C[C@@H](C)CN(C(=O)[C@@H](C)n2sc3ccccc3c2=O)C1. The number of piperidine rings is 1. The van der Waals surface area contributed by atoms with Crippen molar-refractivity contribution >= 4 is 27.5 Å². The van der Waals surface area contributed by atoms with Crippen LogP contribution in [0.4, 0.5) is 0 Å². The van der Waals surface area contributed by atoms with Gasteiger partial charge in [-0.25, -0.2) is 0 Å². The number of carbonyl (C=O) groups is 1. The molecule has 1 aromatic heterocycles. The predicted molar refractivity (Wildman–Crippen MR) is 90.3 cm³/mol. The molecule has 4 nitrogen and oxygen atoms in total. The smallest absolute Gasteiger partial charge is 0.269 e. The number of rotatable bonds is 2. The molecule has 1 aliphatic rings. The highest BCUT2D eigenvalue weighted by atomic mass is 32.1. The molecule has 5 heteroatoms. The van der Waals surface area contributed by atoms with Crippen molar-refractivity contribution in [2.45, 2.75) is 33.2 Å². The molecule has 1 aromatic carbocycles. The summed E-state index contributed by atoms with van der Waals surface area (Å²) < 4.78 is 2.56. The summed E-state index contributed by atoms with van der Waals surface area (Å²) in [5.41, 5.74) is -0.0560. The number of hydrogen-bond acceptors (Lipinski definition) is 3. The van der Waals surface area contributed by atoms with Crippen molar-refractivity contribution in [3.63, 3.8) is 0 Å². The molecule has 1 fully saturated rings. The first-order chi connectivity index (χ1) is 10.5. The molecule has 1 aliphatic heterocycles. The maximum Gasteiger partial charge on any atom is 0.269 e. The molecular weight excluding hydrogens is 296 g/mol. The summed E-state index contributed by atoms with van der Waals surface area (Å²) in [5.74, 6) is 1.12. The monoisotopic (exact) mass is 318 g/mol. The van der Waals surface area contributed by atoms with Gasteiger partial charge in [-0.15, -0.1) is 0 Å². The van der Waals surface area contributed by atoms with Crippen LogP contribution in [0.5, 0.6) is 0 Å². The summed E-state index contributed by atoms with van der Waals surface area (Å²) in [6, 6.07) is 7.11. The van der Waals surface area contributed by atoms with E-state index < -0.39 is 6.04 Å². The molecule has 0 unspecified atom stereocenters. The van der Waals surface area contributed by atoms with Crippen LogP contribution >= 0.6 is 11.5 Å². The Morgan fingerprint density at radius 2 is 1.86 bits per heavy atom. The average molecular weight is 318 g/mol. The largest absolute Gasteiger partial charge is 0.340 e. The quantitative estimate of drug-likeness (QED) is 0.854. The van der Waals surface area contributed by atoms with Gasteiger partial charge in [0.25, 0.3) is 5.56 Å². The first kappa shape index (κ1) is 15.3. The van der Waals surface area contributed by atoms with Crippen molar-refractivity contribution in [3.8, 4) is 0 Å². The minimum Gasteiger partial charge on any atom is -0.340 e. The van der Waals surface area contributed by atoms with Crippen LogP contribution < -0.4 is 5.56 Å². The van der Waals surface area contributed by atoms with E-state index in [-0.39, 0.29) is 11.5 Å². The van der Waals surface area contributed by atoms with Gasteiger partial charge in [-0.05, 0) is 37.3 Å². The minimum absolute atomic E-state index is 0.0560. The predicted octanol–water partition coefficient (Wildman–Crippen LogP) is 3.13. The van der Waals surface area contributed by atoms with Gasteiger partial charge in [0, 0.05) is 13.1 Å². The van der Waals surface area contributed by atoms with E-state index >= 15 is 0 Å². The zero-order chi connectivity index (χ0) is 15.9. The first-order valence-corrected chi connectivity index (χ1v) is 8.64. The van der Waals surface area contributed by atoms with Gasteiger partial charge in [0.15, 0.2) is 0 Å². The molecule has 0 bridgehead atoms. The number of aromatic nitrogens is 1. The van der Waals surface area contributed by atoms with Gasteiger partial charge in [-0.2, -0.15) is 0 Å². The average Bonchev–Trinajstić information content (AvgIpc) is 2.82. The van der Waals surface area contributed by atoms with Crippen molar-refractivity contribution in [1.29, 1.82) is 0 Å². The number of nitrogens with zero attached hydrogens (tertiary/aromatic N) is 2. The van der Waals surface area contributed by atoms with Crippen molar-refractivity contribution < 1.29 is 4.79 Å². The van der Waals surface area contributed by atoms with Gasteiger partial charge < -0.3 is 4.90 Å². The molecule has 22 heavy (non-hydrogen) atoms. The Kier molecular flexibility index (Phi) is 4.08. The zero-order valence-electron chi connectivity index (χ0n) is 13.3. The molecule has 0 N–H and O–H groups in total. The summed E-state index contributed by atoms with van der Waals surface area (Å²) in [4.78, 5) is 27.2. The van der Waals surface area contributed by atoms with Crippen LogP contribution in [0.2, 0.25) is 0 Å². The van der Waals surface area contributed by atoms with Crippen LogP contribution in [-0.2, 0) is 4.79 Å². The second-order valence-electron chi connectivity index (χ2n) is 6.58. The third-order valence-electron chi connectivity index (χ3n) is 4.40. The lowest BCUT2D eigenvalue weighted by Gasteiger charge is -2.36. The van der Waals surface area contributed by atoms with Crippen molar-refractivity contribution in [1.82, 2.24) is 8.86 Å². The standard InChI is InChI=1S/C17H22N2O2S/c1-11-8-12(2)10-18(9-11)16(20)13(3)19-17(21)14-6-4-5-7-15(14)22-19/h4-7,11-13H,8-10H2,1-3H3/t11-,12-,13-/m1/s1. The summed E-state index contributed by atoms with van der Waals surface area (Å²) >= 11 is 1.38. The van der Waals surface area contributed by atoms with Crippen molar-refractivity contribution in [3.05, 3.63) is 34.6 Å². The van der Waals surface area contributed by atoms with Gasteiger partial charge in [0.1, 0.15) is 6.04 Å². The van der Waals surface area contributed by atoms with E-state index in [0.29, 0.717) is 17.2 Å². The lowest BCUT2D eigenvalue weighted by Crippen LogP contribution is -2.45. The maximum absolute atomic E-state index is 12.8. The fourth-order valence-electron chi connectivity index (χ4n) is 3.45. The van der Waals surface area contributed by atoms with Crippen LogP contribution in [0.15, 0.2) is 29.1 Å². The number of fused-ring (bicyclic) bond motifs is 1. The van der Waals surface area contributed by atoms with Gasteiger partial charge in [0.2, 0.25) is 5.91 Å². The van der Waals surface area contributed by atoms with E-state index in [2.05, 4.69) is 13.8 Å². The van der Waals surface area contributed by atoms with E-state index in [1.165, 1.54) is 18.0 Å². The molecule has 3 atom stereocenters. The van der Waals surface area contributed by atoms with Crippen molar-refractivity contribution in [2.75, 3.05) is 13.1 Å². The Labute approximate surface area is 134 Å². The normalized spacial score (nSPS) is 23.7. The summed E-state index contributed by atoms with van der Waals surface area (Å²) in [5, 5.41) is 0.701. The van der Waals surface area contributed by atoms with Crippen LogP contribution in [0, 0.1) is 11.8 Å². The van der Waals surface area contributed by atoms with E-state index in [1.54, 1.807) is 3.96 Å². The van der Waals surface area contributed by atoms with Crippen LogP contribution in [0.3, 0.4) is 0 Å². The van der Waals surface area contributed by atoms with Gasteiger partial charge in [-0.1, -0.05) is 37.5 Å². The molecule has 1 saturated heterocycles. The molecule has 2 heterocycles. The van der Waals surface area contributed by atoms with Crippen LogP contribution in [0.25, 0.3) is 10.1 Å². The third kappa shape index (κ3) is 2.70. The highest BCUT2D eigenvalue weighted by molar-refractivity contribution is 7.14. The molecule has 3 rings (SSSR count). The van der Waals surface area contributed by atoms with Crippen LogP contribution in [-0.4, -0.2) is 27.9 Å². The highest BCUT2D eigenvalue weighted by Gasteiger charge is 2.30. The maximum atomic E-state index is 12.8. The van der Waals surface area contributed by atoms with Gasteiger partial charge in [0.05, 0.1) is 10.1 Å². The molecule has 0 saturated carbocycles. The molecular formula is C17H22N2O2S. The topological polar surface area (TPSA) is 42.3 Å². The molecule has 2 aromatic rings. The number of carbonyl (C=O) groups excluding carboxylic acids is 1. The van der Waals surface area contributed by atoms with E-state index in [9.17, 15) is 9.59 Å². The second-order valence-corrected chi connectivity index (χ2v) is 7.60. The number of likely N-dealkylation sites (tertiary alicyclic amines) is 1. The molecule has 0 aliphatic carbocycles. The fraction of sp³-hybridized carbons (Fsp3) is 0.529. The Bertz CT molecular complexity index is 738. The molecule has 0 spiro atoms. The lowest BCUT2D eigenvalue weighted by molar-refractivity contribution is -0.136. The third-order valence-corrected chi connectivity index (χ3v) is 5.64. The highest BCUT2D eigenvalue weighted by Crippen LogP contribution is 2.25. The first-order valence-electron chi connectivity index (χ1n) is 7.86. The Morgan fingerprint density at radius 3 is 2.50 bits per heavy atom. The molecule has 1 amide bonds. The number of hydrogen-bond donors (Lipinski definition) is 0. The number of amides is 1. The molecule has 118 valence electrons. The Hall–Kier alpha value is -1.62. The fourth-order valence-corrected chi connectivity index (χ4v) is 4.49. The van der Waals surface area contributed by atoms with Gasteiger partial charge >= 0.3 is 0 Å². The second kappa shape index (κ2) is 5.88. The Morgan fingerprint density at radius 1 is 1.23 bits per heavy atom. The molecule has 0 radical (unpaired) electrons. The van der Waals surface area contributed by atoms with E-state index in [4.69, 9.17) is 0 Å². The van der Waals surface area contributed by atoms with Crippen LogP contribution in [0.1, 0.15) is 33.2 Å². The number of benzene rings is 1. The summed E-state index contributed by atoms with van der Waals surface area (Å²) in [6.45, 7) is 7.81. The zero-order valence-corrected chi connectivity index (χ0v) is 14.1. The van der Waals surface area contributed by atoms with E-state index in [1.807, 2.05) is 36.1 Å². The summed E-state index contributed by atoms with van der Waals surface area (Å²) in [7, 11) is 0. The lowest BCUT2D eigenvalue weighted by atomic mass is 9.91. The minimum atomic E-state index is -0.428. The van der Waals surface area contributed by atoms with Crippen molar-refractivity contribution in [2.24, 2.45) is 11.8 Å².